The van der Waals surface area contributed by atoms with Crippen LogP contribution in [0.2, 0.25) is 0 Å². The van der Waals surface area contributed by atoms with Gasteiger partial charge in [-0.2, -0.15) is 0 Å². The zero-order chi connectivity index (χ0) is 10.4. The Kier molecular flexibility index (Phi) is 7.81. The highest BCUT2D eigenvalue weighted by Crippen LogP contribution is 2.23. The molecular formula is C11H26O. The number of hydrogen-bond acceptors (Lipinski definition) is 1. The normalized spacial score (nSPS) is 13.8. The number of aliphatic hydroxyl groups excluding tert-OH is 1. The van der Waals surface area contributed by atoms with E-state index in [4.69, 9.17) is 5.11 Å². The predicted molar refractivity (Wildman–Crippen MR) is 56.3 cm³/mol. The van der Waals surface area contributed by atoms with E-state index in [9.17, 15) is 0 Å². The van der Waals surface area contributed by atoms with Crippen LogP contribution >= 0.6 is 0 Å². The first-order chi connectivity index (χ1) is 5.21. The number of aliphatic hydroxyl groups is 1. The lowest BCUT2D eigenvalue weighted by molar-refractivity contribution is 0.191. The molecule has 0 fully saturated rings. The van der Waals surface area contributed by atoms with Crippen LogP contribution in [-0.4, -0.2) is 11.2 Å². The molecule has 0 rings (SSSR count). The SMILES string of the molecule is CC(C)C(C)(C)C.CCC(C)O. The molecule has 0 aromatic carbocycles. The topological polar surface area (TPSA) is 20.2 Å². The molecule has 0 aromatic heterocycles. The van der Waals surface area contributed by atoms with Crippen LogP contribution < -0.4 is 0 Å². The molecule has 76 valence electrons. The summed E-state index contributed by atoms with van der Waals surface area (Å²) in [5.74, 6) is 0.799. The first-order valence-electron chi connectivity index (χ1n) is 4.89. The maximum Gasteiger partial charge on any atom is 0.0509 e. The summed E-state index contributed by atoms with van der Waals surface area (Å²) in [6.45, 7) is 15.0. The zero-order valence-corrected chi connectivity index (χ0v) is 9.81. The predicted octanol–water partition coefficient (Wildman–Crippen LogP) is 3.47. The van der Waals surface area contributed by atoms with Gasteiger partial charge in [0.25, 0.3) is 0 Å². The Labute approximate surface area is 78.2 Å². The summed E-state index contributed by atoms with van der Waals surface area (Å²) in [6, 6.07) is 0. The monoisotopic (exact) mass is 174 g/mol. The van der Waals surface area contributed by atoms with Gasteiger partial charge in [-0.25, -0.2) is 0 Å². The second-order valence-electron chi connectivity index (χ2n) is 4.78. The van der Waals surface area contributed by atoms with Crippen molar-refractivity contribution >= 4 is 0 Å². The highest BCUT2D eigenvalue weighted by molar-refractivity contribution is 4.64. The molecule has 0 spiro atoms. The van der Waals surface area contributed by atoms with E-state index in [0.29, 0.717) is 5.41 Å². The molecule has 0 saturated carbocycles. The van der Waals surface area contributed by atoms with Gasteiger partial charge in [-0.3, -0.25) is 0 Å². The van der Waals surface area contributed by atoms with Gasteiger partial charge in [0, 0.05) is 0 Å². The molecule has 0 bridgehead atoms. The van der Waals surface area contributed by atoms with Gasteiger partial charge in [0.15, 0.2) is 0 Å². The van der Waals surface area contributed by atoms with Crippen molar-refractivity contribution in [3.8, 4) is 0 Å². The van der Waals surface area contributed by atoms with Gasteiger partial charge in [-0.1, -0.05) is 41.5 Å². The maximum atomic E-state index is 8.36. The molecule has 0 heterocycles. The van der Waals surface area contributed by atoms with Gasteiger partial charge in [0.05, 0.1) is 6.10 Å². The zero-order valence-electron chi connectivity index (χ0n) is 9.81. The average Bonchev–Trinajstić information content (AvgIpc) is 1.87. The largest absolute Gasteiger partial charge is 0.393 e. The van der Waals surface area contributed by atoms with Crippen molar-refractivity contribution in [2.45, 2.75) is 61.0 Å². The van der Waals surface area contributed by atoms with E-state index in [0.717, 1.165) is 12.3 Å². The van der Waals surface area contributed by atoms with Crippen LogP contribution in [0.3, 0.4) is 0 Å². The van der Waals surface area contributed by atoms with Crippen molar-refractivity contribution in [2.24, 2.45) is 11.3 Å². The van der Waals surface area contributed by atoms with E-state index >= 15 is 0 Å². The summed E-state index contributed by atoms with van der Waals surface area (Å²) < 4.78 is 0. The Hall–Kier alpha value is -0.0400. The van der Waals surface area contributed by atoms with Gasteiger partial charge in [0.1, 0.15) is 0 Å². The lowest BCUT2D eigenvalue weighted by Crippen LogP contribution is -2.12. The maximum absolute atomic E-state index is 8.36. The number of rotatable bonds is 1. The molecule has 0 aliphatic heterocycles. The highest BCUT2D eigenvalue weighted by Gasteiger charge is 2.13. The minimum absolute atomic E-state index is 0.116. The lowest BCUT2D eigenvalue weighted by Gasteiger charge is -2.22. The molecule has 0 aliphatic rings. The fourth-order valence-electron chi connectivity index (χ4n) is 0. The minimum atomic E-state index is -0.116. The van der Waals surface area contributed by atoms with Crippen molar-refractivity contribution in [1.29, 1.82) is 0 Å². The third-order valence-corrected chi connectivity index (χ3v) is 2.32. The third kappa shape index (κ3) is 12.6. The standard InChI is InChI=1S/C7H16.C4H10O/c1-6(2)7(3,4)5;1-3-4(2)5/h6H,1-5H3;4-5H,3H2,1-2H3. The smallest absolute Gasteiger partial charge is 0.0509 e. The fraction of sp³-hybridized carbons (Fsp3) is 1.00. The van der Waals surface area contributed by atoms with Crippen LogP contribution in [0.4, 0.5) is 0 Å². The summed E-state index contributed by atoms with van der Waals surface area (Å²) in [4.78, 5) is 0. The molecule has 1 N–H and O–H groups in total. The molecule has 1 nitrogen and oxygen atoms in total. The number of hydrogen-bond donors (Lipinski definition) is 1. The second kappa shape index (κ2) is 6.47. The molecule has 12 heavy (non-hydrogen) atoms. The molecule has 1 heteroatoms. The van der Waals surface area contributed by atoms with Crippen LogP contribution in [0.1, 0.15) is 54.9 Å². The van der Waals surface area contributed by atoms with Crippen molar-refractivity contribution in [3.63, 3.8) is 0 Å². The Bertz CT molecular complexity index is 87.7. The molecule has 0 aliphatic carbocycles. The Morgan fingerprint density at radius 2 is 1.25 bits per heavy atom. The molecular weight excluding hydrogens is 148 g/mol. The first kappa shape index (κ1) is 14.5. The van der Waals surface area contributed by atoms with Gasteiger partial charge in [-0.15, -0.1) is 0 Å². The second-order valence-corrected chi connectivity index (χ2v) is 4.78. The van der Waals surface area contributed by atoms with Crippen molar-refractivity contribution in [2.75, 3.05) is 0 Å². The molecule has 0 saturated heterocycles. The first-order valence-corrected chi connectivity index (χ1v) is 4.89. The summed E-state index contributed by atoms with van der Waals surface area (Å²) in [5, 5.41) is 8.36. The Morgan fingerprint density at radius 1 is 1.08 bits per heavy atom. The van der Waals surface area contributed by atoms with Gasteiger partial charge >= 0.3 is 0 Å². The Balaban J connectivity index is 0. The summed E-state index contributed by atoms with van der Waals surface area (Å²) >= 11 is 0. The van der Waals surface area contributed by atoms with Crippen LogP contribution in [-0.2, 0) is 0 Å². The molecule has 1 atom stereocenters. The van der Waals surface area contributed by atoms with E-state index in [1.807, 2.05) is 6.92 Å². The van der Waals surface area contributed by atoms with Gasteiger partial charge in [-0.05, 0) is 24.7 Å². The summed E-state index contributed by atoms with van der Waals surface area (Å²) in [5.41, 5.74) is 0.500. The van der Waals surface area contributed by atoms with Crippen LogP contribution in [0.5, 0.6) is 0 Å². The third-order valence-electron chi connectivity index (χ3n) is 2.32. The average molecular weight is 174 g/mol. The van der Waals surface area contributed by atoms with E-state index in [2.05, 4.69) is 34.6 Å². The van der Waals surface area contributed by atoms with Gasteiger partial charge in [0.2, 0.25) is 0 Å². The highest BCUT2D eigenvalue weighted by atomic mass is 16.3. The Morgan fingerprint density at radius 3 is 1.25 bits per heavy atom. The van der Waals surface area contributed by atoms with E-state index < -0.39 is 0 Å². The van der Waals surface area contributed by atoms with Crippen LogP contribution in [0.25, 0.3) is 0 Å². The minimum Gasteiger partial charge on any atom is -0.393 e. The van der Waals surface area contributed by atoms with Crippen molar-refractivity contribution in [3.05, 3.63) is 0 Å². The molecule has 0 aromatic rings. The molecule has 0 radical (unpaired) electrons. The van der Waals surface area contributed by atoms with Crippen LogP contribution in [0.15, 0.2) is 0 Å². The quantitative estimate of drug-likeness (QED) is 0.645. The summed E-state index contributed by atoms with van der Waals surface area (Å²) in [6.07, 6.45) is 0.745. The van der Waals surface area contributed by atoms with Crippen molar-refractivity contribution in [1.82, 2.24) is 0 Å². The summed E-state index contributed by atoms with van der Waals surface area (Å²) in [7, 11) is 0. The van der Waals surface area contributed by atoms with E-state index in [-0.39, 0.29) is 6.10 Å². The van der Waals surface area contributed by atoms with Crippen LogP contribution in [0, 0.1) is 11.3 Å². The van der Waals surface area contributed by atoms with Gasteiger partial charge < -0.3 is 5.11 Å². The lowest BCUT2D eigenvalue weighted by atomic mass is 9.84. The van der Waals surface area contributed by atoms with E-state index in [1.165, 1.54) is 0 Å². The molecule has 1 unspecified atom stereocenters. The fourth-order valence-corrected chi connectivity index (χ4v) is 0. The van der Waals surface area contributed by atoms with Crippen molar-refractivity contribution < 1.29 is 5.11 Å². The van der Waals surface area contributed by atoms with E-state index in [1.54, 1.807) is 6.92 Å². The molecule has 0 amide bonds.